The zero-order valence-electron chi connectivity index (χ0n) is 9.57. The quantitative estimate of drug-likeness (QED) is 0.810. The topological polar surface area (TPSA) is 52.0 Å². The van der Waals surface area contributed by atoms with Crippen molar-refractivity contribution in [3.8, 4) is 0 Å². The minimum absolute atomic E-state index is 0.670. The molecule has 16 heavy (non-hydrogen) atoms. The Balaban J connectivity index is 2.29. The van der Waals surface area contributed by atoms with Gasteiger partial charge in [-0.2, -0.15) is 0 Å². The number of nitrogens with two attached hydrogens (primary N) is 1. The lowest BCUT2D eigenvalue weighted by molar-refractivity contribution is 0.431. The smallest absolute Gasteiger partial charge is 0.261 e. The second kappa shape index (κ2) is 4.22. The van der Waals surface area contributed by atoms with Crippen molar-refractivity contribution in [2.75, 3.05) is 5.73 Å². The number of rotatable bonds is 2. The maximum atomic E-state index is 5.75. The van der Waals surface area contributed by atoms with Crippen molar-refractivity contribution in [3.05, 3.63) is 35.2 Å². The summed E-state index contributed by atoms with van der Waals surface area (Å²) in [6.07, 6.45) is 0. The highest BCUT2D eigenvalue weighted by molar-refractivity contribution is 7.99. The predicted octanol–water partition coefficient (Wildman–Crippen LogP) is 3.33. The minimum atomic E-state index is 0.670. The minimum Gasteiger partial charge on any atom is -0.436 e. The van der Waals surface area contributed by atoms with Crippen molar-refractivity contribution in [2.45, 2.75) is 30.9 Å². The molecule has 0 saturated heterocycles. The van der Waals surface area contributed by atoms with Crippen molar-refractivity contribution in [2.24, 2.45) is 0 Å². The molecule has 0 aliphatic carbocycles. The molecule has 2 N–H and O–H groups in total. The molecule has 0 aliphatic rings. The molecule has 1 heterocycles. The van der Waals surface area contributed by atoms with Gasteiger partial charge in [-0.05, 0) is 50.2 Å². The van der Waals surface area contributed by atoms with Gasteiger partial charge in [0.1, 0.15) is 5.76 Å². The SMILES string of the molecule is Cc1ccc(N)cc1Sc1nc(C)c(C)o1. The van der Waals surface area contributed by atoms with Gasteiger partial charge in [-0.3, -0.25) is 0 Å². The van der Waals surface area contributed by atoms with Gasteiger partial charge in [-0.25, -0.2) is 4.98 Å². The summed E-state index contributed by atoms with van der Waals surface area (Å²) in [5.74, 6) is 0.865. The molecule has 0 amide bonds. The molecule has 0 fully saturated rings. The van der Waals surface area contributed by atoms with E-state index in [0.717, 1.165) is 22.0 Å². The largest absolute Gasteiger partial charge is 0.436 e. The summed E-state index contributed by atoms with van der Waals surface area (Å²) < 4.78 is 5.52. The summed E-state index contributed by atoms with van der Waals surface area (Å²) in [5, 5.41) is 0.670. The molecule has 1 aromatic carbocycles. The molecule has 2 rings (SSSR count). The Morgan fingerprint density at radius 1 is 1.25 bits per heavy atom. The second-order valence-corrected chi connectivity index (χ2v) is 4.74. The molecule has 0 saturated carbocycles. The molecule has 0 aliphatic heterocycles. The number of oxazole rings is 1. The fourth-order valence-corrected chi connectivity index (χ4v) is 2.27. The van der Waals surface area contributed by atoms with Crippen molar-refractivity contribution < 1.29 is 4.42 Å². The van der Waals surface area contributed by atoms with Crippen LogP contribution < -0.4 is 5.73 Å². The average Bonchev–Trinajstić information content (AvgIpc) is 2.52. The van der Waals surface area contributed by atoms with Crippen LogP contribution in [0.15, 0.2) is 32.7 Å². The third-order valence-corrected chi connectivity index (χ3v) is 3.43. The molecular formula is C12H14N2OS. The number of benzene rings is 1. The number of aryl methyl sites for hydroxylation is 3. The summed E-state index contributed by atoms with van der Waals surface area (Å²) in [7, 11) is 0. The van der Waals surface area contributed by atoms with Crippen molar-refractivity contribution >= 4 is 17.4 Å². The summed E-state index contributed by atoms with van der Waals surface area (Å²) in [4.78, 5) is 5.42. The van der Waals surface area contributed by atoms with Crippen LogP contribution in [-0.4, -0.2) is 4.98 Å². The molecule has 2 aromatic rings. The number of aromatic nitrogens is 1. The lowest BCUT2D eigenvalue weighted by Gasteiger charge is -2.03. The van der Waals surface area contributed by atoms with E-state index in [9.17, 15) is 0 Å². The van der Waals surface area contributed by atoms with Crippen molar-refractivity contribution in [1.29, 1.82) is 0 Å². The Kier molecular flexibility index (Phi) is 2.92. The van der Waals surface area contributed by atoms with Crippen LogP contribution >= 0.6 is 11.8 Å². The fourth-order valence-electron chi connectivity index (χ4n) is 1.31. The number of hydrogen-bond donors (Lipinski definition) is 1. The molecule has 1 aromatic heterocycles. The molecule has 84 valence electrons. The normalized spacial score (nSPS) is 10.7. The van der Waals surface area contributed by atoms with Crippen LogP contribution in [0.5, 0.6) is 0 Å². The van der Waals surface area contributed by atoms with E-state index in [4.69, 9.17) is 10.2 Å². The summed E-state index contributed by atoms with van der Waals surface area (Å²) in [6.45, 7) is 5.90. The molecule has 0 unspecified atom stereocenters. The Hall–Kier alpha value is -1.42. The van der Waals surface area contributed by atoms with Gasteiger partial charge in [-0.1, -0.05) is 6.07 Å². The Morgan fingerprint density at radius 3 is 2.62 bits per heavy atom. The maximum Gasteiger partial charge on any atom is 0.261 e. The summed E-state index contributed by atoms with van der Waals surface area (Å²) in [6, 6.07) is 5.83. The highest BCUT2D eigenvalue weighted by Crippen LogP contribution is 2.31. The third kappa shape index (κ3) is 2.22. The highest BCUT2D eigenvalue weighted by Gasteiger charge is 2.09. The first kappa shape index (κ1) is 11.1. The summed E-state index contributed by atoms with van der Waals surface area (Å²) in [5.41, 5.74) is 8.62. The molecule has 0 radical (unpaired) electrons. The standard InChI is InChI=1S/C12H14N2OS/c1-7-4-5-10(13)6-11(7)16-12-14-8(2)9(3)15-12/h4-6H,13H2,1-3H3. The van der Waals surface area contributed by atoms with E-state index in [1.54, 1.807) is 0 Å². The lowest BCUT2D eigenvalue weighted by Crippen LogP contribution is -1.87. The summed E-state index contributed by atoms with van der Waals surface area (Å²) >= 11 is 1.51. The van der Waals surface area contributed by atoms with E-state index in [1.807, 2.05) is 39.0 Å². The average molecular weight is 234 g/mol. The first-order chi connectivity index (χ1) is 7.56. The van der Waals surface area contributed by atoms with Crippen LogP contribution in [-0.2, 0) is 0 Å². The van der Waals surface area contributed by atoms with Crippen LogP contribution in [0, 0.1) is 20.8 Å². The van der Waals surface area contributed by atoms with E-state index >= 15 is 0 Å². The zero-order chi connectivity index (χ0) is 11.7. The maximum absolute atomic E-state index is 5.75. The molecular weight excluding hydrogens is 220 g/mol. The van der Waals surface area contributed by atoms with Crippen molar-refractivity contribution in [1.82, 2.24) is 4.98 Å². The van der Waals surface area contributed by atoms with Gasteiger partial charge in [0, 0.05) is 10.6 Å². The van der Waals surface area contributed by atoms with Gasteiger partial charge in [-0.15, -0.1) is 0 Å². The van der Waals surface area contributed by atoms with Crippen LogP contribution in [0.4, 0.5) is 5.69 Å². The van der Waals surface area contributed by atoms with Crippen LogP contribution in [0.25, 0.3) is 0 Å². The van der Waals surface area contributed by atoms with Gasteiger partial charge in [0.15, 0.2) is 0 Å². The van der Waals surface area contributed by atoms with E-state index < -0.39 is 0 Å². The first-order valence-corrected chi connectivity index (χ1v) is 5.86. The molecule has 4 heteroatoms. The Morgan fingerprint density at radius 2 is 2.00 bits per heavy atom. The van der Waals surface area contributed by atoms with E-state index in [1.165, 1.54) is 17.3 Å². The Labute approximate surface area is 99.1 Å². The second-order valence-electron chi connectivity index (χ2n) is 3.75. The monoisotopic (exact) mass is 234 g/mol. The molecule has 3 nitrogen and oxygen atoms in total. The van der Waals surface area contributed by atoms with Gasteiger partial charge in [0.05, 0.1) is 5.69 Å². The van der Waals surface area contributed by atoms with Gasteiger partial charge < -0.3 is 10.2 Å². The van der Waals surface area contributed by atoms with Crippen LogP contribution in [0.3, 0.4) is 0 Å². The first-order valence-electron chi connectivity index (χ1n) is 5.04. The number of nitrogen functional groups attached to an aromatic ring is 1. The van der Waals surface area contributed by atoms with E-state index in [2.05, 4.69) is 4.98 Å². The van der Waals surface area contributed by atoms with Crippen LogP contribution in [0.1, 0.15) is 17.0 Å². The molecule has 0 spiro atoms. The predicted molar refractivity (Wildman–Crippen MR) is 65.7 cm³/mol. The van der Waals surface area contributed by atoms with E-state index in [0.29, 0.717) is 5.22 Å². The van der Waals surface area contributed by atoms with Crippen molar-refractivity contribution in [3.63, 3.8) is 0 Å². The van der Waals surface area contributed by atoms with Crippen LogP contribution in [0.2, 0.25) is 0 Å². The molecule has 0 bridgehead atoms. The number of anilines is 1. The Bertz CT molecular complexity index is 500. The van der Waals surface area contributed by atoms with Gasteiger partial charge in [0.2, 0.25) is 0 Å². The van der Waals surface area contributed by atoms with Gasteiger partial charge >= 0.3 is 0 Å². The number of hydrogen-bond acceptors (Lipinski definition) is 4. The number of nitrogens with zero attached hydrogens (tertiary/aromatic N) is 1. The molecule has 0 atom stereocenters. The highest BCUT2D eigenvalue weighted by atomic mass is 32.2. The lowest BCUT2D eigenvalue weighted by atomic mass is 10.2. The fraction of sp³-hybridized carbons (Fsp3) is 0.250. The van der Waals surface area contributed by atoms with Gasteiger partial charge in [0.25, 0.3) is 5.22 Å². The van der Waals surface area contributed by atoms with E-state index in [-0.39, 0.29) is 0 Å². The third-order valence-electron chi connectivity index (χ3n) is 2.42. The zero-order valence-corrected chi connectivity index (χ0v) is 10.4.